The van der Waals surface area contributed by atoms with Gasteiger partial charge in [0.05, 0.1) is 23.1 Å². The fourth-order valence-corrected chi connectivity index (χ4v) is 3.34. The average Bonchev–Trinajstić information content (AvgIpc) is 2.87. The van der Waals surface area contributed by atoms with Gasteiger partial charge in [0.1, 0.15) is 16.2 Å². The summed E-state index contributed by atoms with van der Waals surface area (Å²) in [4.78, 5) is 16.5. The molecule has 0 radical (unpaired) electrons. The maximum atomic E-state index is 14.3. The first kappa shape index (κ1) is 19.4. The molecule has 1 N–H and O–H groups in total. The van der Waals surface area contributed by atoms with Crippen LogP contribution in [0.1, 0.15) is 16.1 Å². The van der Waals surface area contributed by atoms with Crippen LogP contribution in [0, 0.1) is 5.82 Å². The number of imidazole rings is 1. The third kappa shape index (κ3) is 3.84. The quantitative estimate of drug-likeness (QED) is 0.579. The third-order valence-electron chi connectivity index (χ3n) is 3.07. The Morgan fingerprint density at radius 1 is 1.32 bits per heavy atom. The number of carbonyl (C=O) groups excluding carboxylic acids is 1. The molecule has 6 nitrogen and oxygen atoms in total. The van der Waals surface area contributed by atoms with Crippen molar-refractivity contribution in [3.8, 4) is 11.4 Å². The second-order valence-corrected chi connectivity index (χ2v) is 7.58. The van der Waals surface area contributed by atoms with E-state index >= 15 is 0 Å². The molecule has 0 saturated heterocycles. The molecule has 0 atom stereocenters. The van der Waals surface area contributed by atoms with Gasteiger partial charge in [0.15, 0.2) is 15.5 Å². The first-order valence-corrected chi connectivity index (χ1v) is 8.99. The van der Waals surface area contributed by atoms with Gasteiger partial charge in [-0.25, -0.2) is 22.6 Å². The molecule has 0 unspecified atom stereocenters. The van der Waals surface area contributed by atoms with E-state index in [4.69, 9.17) is 0 Å². The lowest BCUT2D eigenvalue weighted by atomic mass is 10.1. The fraction of sp³-hybridized carbons (Fsp3) is 0.231. The van der Waals surface area contributed by atoms with E-state index in [1.807, 2.05) is 4.98 Å². The number of methoxy groups -OCH3 is 1. The standard InChI is InChI=1S/C13H9BrF4N2O4S/c1-24-12(21)6-3-5(7(15)4-8(6)25(2,22)23)11-19-9(10(14)20-11)13(16,17)18/h3-4H,1-2H3,(H,19,20). The Bertz CT molecular complexity index is 954. The molecule has 1 heterocycles. The van der Waals surface area contributed by atoms with Gasteiger partial charge in [-0.1, -0.05) is 0 Å². The molecule has 0 fully saturated rings. The van der Waals surface area contributed by atoms with Gasteiger partial charge in [0.2, 0.25) is 0 Å². The lowest BCUT2D eigenvalue weighted by Gasteiger charge is -2.09. The molecule has 0 amide bonds. The maximum Gasteiger partial charge on any atom is 0.433 e. The topological polar surface area (TPSA) is 89.1 Å². The van der Waals surface area contributed by atoms with Gasteiger partial charge < -0.3 is 9.72 Å². The van der Waals surface area contributed by atoms with Crippen molar-refractivity contribution >= 4 is 31.7 Å². The molecule has 0 saturated carbocycles. The van der Waals surface area contributed by atoms with E-state index in [9.17, 15) is 30.8 Å². The van der Waals surface area contributed by atoms with Crippen LogP contribution in [0.5, 0.6) is 0 Å². The predicted octanol–water partition coefficient (Wildman–Crippen LogP) is 3.19. The van der Waals surface area contributed by atoms with Crippen molar-refractivity contribution in [3.05, 3.63) is 33.8 Å². The first-order valence-electron chi connectivity index (χ1n) is 6.31. The average molecular weight is 445 g/mol. The summed E-state index contributed by atoms with van der Waals surface area (Å²) in [7, 11) is -3.02. The van der Waals surface area contributed by atoms with Gasteiger partial charge >= 0.3 is 12.1 Å². The minimum Gasteiger partial charge on any atom is -0.465 e. The van der Waals surface area contributed by atoms with Gasteiger partial charge in [-0.3, -0.25) is 0 Å². The Kier molecular flexibility index (Phi) is 4.97. The number of H-pyrrole nitrogens is 1. The molecule has 0 spiro atoms. The smallest absolute Gasteiger partial charge is 0.433 e. The van der Waals surface area contributed by atoms with Crippen molar-refractivity contribution in [3.63, 3.8) is 0 Å². The number of sulfone groups is 1. The summed E-state index contributed by atoms with van der Waals surface area (Å²) in [6.45, 7) is 0. The summed E-state index contributed by atoms with van der Waals surface area (Å²) >= 11 is 2.61. The molecule has 0 aliphatic rings. The number of nitrogens with one attached hydrogen (secondary N) is 1. The van der Waals surface area contributed by atoms with Gasteiger partial charge in [0, 0.05) is 6.26 Å². The van der Waals surface area contributed by atoms with Gasteiger partial charge in [-0.2, -0.15) is 13.2 Å². The zero-order chi connectivity index (χ0) is 19.2. The highest BCUT2D eigenvalue weighted by Gasteiger charge is 2.37. The van der Waals surface area contributed by atoms with Gasteiger partial charge in [-0.15, -0.1) is 0 Å². The molecule has 0 bridgehead atoms. The van der Waals surface area contributed by atoms with Crippen molar-refractivity contribution in [2.45, 2.75) is 11.1 Å². The summed E-state index contributed by atoms with van der Waals surface area (Å²) in [6, 6.07) is 1.30. The maximum absolute atomic E-state index is 14.3. The van der Waals surface area contributed by atoms with Crippen molar-refractivity contribution in [2.75, 3.05) is 13.4 Å². The van der Waals surface area contributed by atoms with Crippen LogP contribution in [-0.2, 0) is 20.8 Å². The number of ether oxygens (including phenoxy) is 1. The molecule has 25 heavy (non-hydrogen) atoms. The summed E-state index contributed by atoms with van der Waals surface area (Å²) in [5, 5.41) is 0. The van der Waals surface area contributed by atoms with E-state index in [-0.39, 0.29) is 0 Å². The van der Waals surface area contributed by atoms with E-state index in [0.29, 0.717) is 6.07 Å². The number of rotatable bonds is 3. The predicted molar refractivity (Wildman–Crippen MR) is 81.1 cm³/mol. The molecule has 136 valence electrons. The highest BCUT2D eigenvalue weighted by atomic mass is 79.9. The molecular formula is C13H9BrF4N2O4S. The number of benzene rings is 1. The van der Waals surface area contributed by atoms with Crippen LogP contribution in [0.15, 0.2) is 21.6 Å². The number of carbonyl (C=O) groups is 1. The molecule has 12 heteroatoms. The lowest BCUT2D eigenvalue weighted by molar-refractivity contribution is -0.141. The van der Waals surface area contributed by atoms with Crippen LogP contribution in [0.3, 0.4) is 0 Å². The minimum absolute atomic E-state index is 0.524. The monoisotopic (exact) mass is 444 g/mol. The van der Waals surface area contributed by atoms with E-state index in [1.165, 1.54) is 0 Å². The van der Waals surface area contributed by atoms with Crippen LogP contribution >= 0.6 is 15.9 Å². The van der Waals surface area contributed by atoms with Crippen LogP contribution in [0.2, 0.25) is 0 Å². The van der Waals surface area contributed by atoms with E-state index in [1.54, 1.807) is 0 Å². The molecule has 0 aliphatic carbocycles. The zero-order valence-corrected chi connectivity index (χ0v) is 14.9. The minimum atomic E-state index is -4.78. The largest absolute Gasteiger partial charge is 0.465 e. The number of esters is 1. The second-order valence-electron chi connectivity index (χ2n) is 4.84. The van der Waals surface area contributed by atoms with Crippen LogP contribution < -0.4 is 0 Å². The van der Waals surface area contributed by atoms with E-state index in [0.717, 1.165) is 19.4 Å². The first-order chi connectivity index (χ1) is 11.4. The lowest BCUT2D eigenvalue weighted by Crippen LogP contribution is -2.11. The number of alkyl halides is 3. The third-order valence-corrected chi connectivity index (χ3v) is 4.78. The van der Waals surface area contributed by atoms with Crippen molar-refractivity contribution in [1.29, 1.82) is 0 Å². The number of nitrogens with zero attached hydrogens (tertiary/aromatic N) is 1. The van der Waals surface area contributed by atoms with E-state index < -0.39 is 59.9 Å². The number of hydrogen-bond donors (Lipinski definition) is 1. The van der Waals surface area contributed by atoms with Crippen LogP contribution in [0.4, 0.5) is 17.6 Å². The van der Waals surface area contributed by atoms with Crippen molar-refractivity contribution in [2.24, 2.45) is 0 Å². The molecule has 1 aromatic carbocycles. The van der Waals surface area contributed by atoms with Crippen molar-refractivity contribution in [1.82, 2.24) is 9.97 Å². The summed E-state index contributed by atoms with van der Waals surface area (Å²) in [5.74, 6) is -2.81. The highest BCUT2D eigenvalue weighted by molar-refractivity contribution is 9.10. The van der Waals surface area contributed by atoms with Gasteiger partial charge in [-0.05, 0) is 28.1 Å². The number of hydrogen-bond acceptors (Lipinski definition) is 5. The number of aromatic amines is 1. The molecule has 0 aliphatic heterocycles. The number of halogens is 5. The normalized spacial score (nSPS) is 12.3. The molecular weight excluding hydrogens is 436 g/mol. The fourth-order valence-electron chi connectivity index (χ4n) is 1.98. The Hall–Kier alpha value is -1.95. The Labute approximate surface area is 147 Å². The molecule has 2 rings (SSSR count). The van der Waals surface area contributed by atoms with E-state index in [2.05, 4.69) is 25.7 Å². The van der Waals surface area contributed by atoms with Crippen LogP contribution in [0.25, 0.3) is 11.4 Å². The Morgan fingerprint density at radius 2 is 1.92 bits per heavy atom. The molecule has 1 aromatic heterocycles. The van der Waals surface area contributed by atoms with Crippen LogP contribution in [-0.4, -0.2) is 37.7 Å². The van der Waals surface area contributed by atoms with Gasteiger partial charge in [0.25, 0.3) is 0 Å². The SMILES string of the molecule is COC(=O)c1cc(-c2nc(Br)c(C(F)(F)F)[nH]2)c(F)cc1S(C)(=O)=O. The summed E-state index contributed by atoms with van der Waals surface area (Å²) < 4.78 is 80.0. The summed E-state index contributed by atoms with van der Waals surface area (Å²) in [5.41, 5.74) is -2.31. The zero-order valence-electron chi connectivity index (χ0n) is 12.5. The Morgan fingerprint density at radius 3 is 2.36 bits per heavy atom. The number of aromatic nitrogens is 2. The van der Waals surface area contributed by atoms with Crippen molar-refractivity contribution < 1.29 is 35.5 Å². The molecule has 2 aromatic rings. The highest BCUT2D eigenvalue weighted by Crippen LogP contribution is 2.36. The Balaban J connectivity index is 2.74. The second kappa shape index (κ2) is 6.41. The summed E-state index contributed by atoms with van der Waals surface area (Å²) in [6.07, 6.45) is -4.03.